The summed E-state index contributed by atoms with van der Waals surface area (Å²) in [6.07, 6.45) is 0.0756. The standard InChI is InChI=1S/C14H19ClN2O3/c1-9-7-17(8-10(2)20-9)14(18)16-13-5-4-11(19-3)6-12(13)15/h4-6,9-10H,7-8H2,1-3H3,(H,16,18)/t9-,10+. The summed E-state index contributed by atoms with van der Waals surface area (Å²) in [5, 5.41) is 3.27. The summed E-state index contributed by atoms with van der Waals surface area (Å²) in [6, 6.07) is 4.99. The van der Waals surface area contributed by atoms with Crippen LogP contribution in [0.3, 0.4) is 0 Å². The minimum Gasteiger partial charge on any atom is -0.497 e. The third kappa shape index (κ3) is 3.55. The van der Waals surface area contributed by atoms with E-state index in [-0.39, 0.29) is 18.2 Å². The normalized spacial score (nSPS) is 22.5. The maximum absolute atomic E-state index is 12.2. The molecule has 1 aromatic carbocycles. The lowest BCUT2D eigenvalue weighted by molar-refractivity contribution is -0.0530. The highest BCUT2D eigenvalue weighted by atomic mass is 35.5. The van der Waals surface area contributed by atoms with Gasteiger partial charge < -0.3 is 19.7 Å². The number of rotatable bonds is 2. The van der Waals surface area contributed by atoms with E-state index in [2.05, 4.69) is 5.32 Å². The first-order valence-electron chi connectivity index (χ1n) is 6.54. The highest BCUT2D eigenvalue weighted by Gasteiger charge is 2.26. The molecule has 2 atom stereocenters. The lowest BCUT2D eigenvalue weighted by atomic mass is 10.2. The monoisotopic (exact) mass is 298 g/mol. The van der Waals surface area contributed by atoms with Crippen LogP contribution in [0.25, 0.3) is 0 Å². The third-order valence-electron chi connectivity index (χ3n) is 3.12. The number of benzene rings is 1. The largest absolute Gasteiger partial charge is 0.497 e. The van der Waals surface area contributed by atoms with E-state index in [0.29, 0.717) is 29.5 Å². The fourth-order valence-corrected chi connectivity index (χ4v) is 2.48. The van der Waals surface area contributed by atoms with Crippen molar-refractivity contribution >= 4 is 23.3 Å². The molecule has 0 unspecified atom stereocenters. The van der Waals surface area contributed by atoms with Crippen LogP contribution in [-0.4, -0.2) is 43.3 Å². The van der Waals surface area contributed by atoms with Crippen LogP contribution >= 0.6 is 11.6 Å². The molecule has 1 aliphatic rings. The number of ether oxygens (including phenoxy) is 2. The molecule has 1 aromatic rings. The average molecular weight is 299 g/mol. The number of carbonyl (C=O) groups excluding carboxylic acids is 1. The lowest BCUT2D eigenvalue weighted by Crippen LogP contribution is -2.49. The number of anilines is 1. The highest BCUT2D eigenvalue weighted by Crippen LogP contribution is 2.27. The minimum absolute atomic E-state index is 0.0378. The fraction of sp³-hybridized carbons (Fsp3) is 0.500. The van der Waals surface area contributed by atoms with E-state index in [1.54, 1.807) is 30.2 Å². The quantitative estimate of drug-likeness (QED) is 0.913. The molecular weight excluding hydrogens is 280 g/mol. The predicted octanol–water partition coefficient (Wildman–Crippen LogP) is 2.99. The Kier molecular flexibility index (Phi) is 4.73. The van der Waals surface area contributed by atoms with Gasteiger partial charge in [0.2, 0.25) is 0 Å². The summed E-state index contributed by atoms with van der Waals surface area (Å²) in [4.78, 5) is 14.0. The number of amides is 2. The molecule has 1 fully saturated rings. The molecule has 0 spiro atoms. The van der Waals surface area contributed by atoms with Gasteiger partial charge in [-0.1, -0.05) is 11.6 Å². The number of nitrogens with one attached hydrogen (secondary N) is 1. The van der Waals surface area contributed by atoms with Crippen LogP contribution in [0.15, 0.2) is 18.2 Å². The van der Waals surface area contributed by atoms with Gasteiger partial charge in [0.05, 0.1) is 30.0 Å². The Bertz CT molecular complexity index is 485. The number of halogens is 1. The zero-order valence-corrected chi connectivity index (χ0v) is 12.6. The second-order valence-electron chi connectivity index (χ2n) is 4.94. The SMILES string of the molecule is COc1ccc(NC(=O)N2C[C@@H](C)O[C@@H](C)C2)c(Cl)c1. The Labute approximate surface area is 123 Å². The summed E-state index contributed by atoms with van der Waals surface area (Å²) in [5.41, 5.74) is 0.573. The van der Waals surface area contributed by atoms with Crippen molar-refractivity contribution in [1.29, 1.82) is 0 Å². The van der Waals surface area contributed by atoms with Crippen LogP contribution in [0.4, 0.5) is 10.5 Å². The third-order valence-corrected chi connectivity index (χ3v) is 3.44. The Morgan fingerprint density at radius 2 is 2.05 bits per heavy atom. The van der Waals surface area contributed by atoms with Gasteiger partial charge in [-0.3, -0.25) is 0 Å². The van der Waals surface area contributed by atoms with E-state index in [1.165, 1.54) is 0 Å². The fourth-order valence-electron chi connectivity index (χ4n) is 2.26. The van der Waals surface area contributed by atoms with Gasteiger partial charge in [-0.05, 0) is 26.0 Å². The van der Waals surface area contributed by atoms with Crippen molar-refractivity contribution in [3.63, 3.8) is 0 Å². The minimum atomic E-state index is -0.168. The van der Waals surface area contributed by atoms with Crippen LogP contribution in [-0.2, 0) is 4.74 Å². The molecule has 5 nitrogen and oxygen atoms in total. The first-order valence-corrected chi connectivity index (χ1v) is 6.92. The van der Waals surface area contributed by atoms with Crippen molar-refractivity contribution in [2.24, 2.45) is 0 Å². The molecule has 110 valence electrons. The molecular formula is C14H19ClN2O3. The summed E-state index contributed by atoms with van der Waals surface area (Å²) in [5.74, 6) is 0.654. The molecule has 20 heavy (non-hydrogen) atoms. The topological polar surface area (TPSA) is 50.8 Å². The number of morpholine rings is 1. The van der Waals surface area contributed by atoms with E-state index in [9.17, 15) is 4.79 Å². The van der Waals surface area contributed by atoms with Gasteiger partial charge in [-0.2, -0.15) is 0 Å². The number of urea groups is 1. The van der Waals surface area contributed by atoms with E-state index in [0.717, 1.165) is 0 Å². The van der Waals surface area contributed by atoms with Crippen molar-refractivity contribution < 1.29 is 14.3 Å². The molecule has 0 aromatic heterocycles. The van der Waals surface area contributed by atoms with Crippen molar-refractivity contribution in [1.82, 2.24) is 4.90 Å². The molecule has 1 aliphatic heterocycles. The van der Waals surface area contributed by atoms with Gasteiger partial charge in [0.15, 0.2) is 0 Å². The first kappa shape index (κ1) is 14.9. The van der Waals surface area contributed by atoms with Crippen molar-refractivity contribution in [3.05, 3.63) is 23.2 Å². The van der Waals surface area contributed by atoms with Gasteiger partial charge in [0.1, 0.15) is 5.75 Å². The summed E-state index contributed by atoms with van der Waals surface area (Å²) >= 11 is 6.11. The zero-order chi connectivity index (χ0) is 14.7. The molecule has 0 bridgehead atoms. The average Bonchev–Trinajstić information content (AvgIpc) is 2.39. The van der Waals surface area contributed by atoms with E-state index in [4.69, 9.17) is 21.1 Å². The molecule has 1 heterocycles. The second-order valence-corrected chi connectivity index (χ2v) is 5.35. The van der Waals surface area contributed by atoms with Gasteiger partial charge in [-0.25, -0.2) is 4.79 Å². The number of methoxy groups -OCH3 is 1. The van der Waals surface area contributed by atoms with Gasteiger partial charge in [0, 0.05) is 19.2 Å². The van der Waals surface area contributed by atoms with Crippen LogP contribution < -0.4 is 10.1 Å². The second kappa shape index (κ2) is 6.33. The Hall–Kier alpha value is -1.46. The molecule has 2 amide bonds. The number of nitrogens with zero attached hydrogens (tertiary/aromatic N) is 1. The molecule has 6 heteroatoms. The van der Waals surface area contributed by atoms with Crippen LogP contribution in [0, 0.1) is 0 Å². The van der Waals surface area contributed by atoms with Crippen LogP contribution in [0.2, 0.25) is 5.02 Å². The van der Waals surface area contributed by atoms with Gasteiger partial charge >= 0.3 is 6.03 Å². The molecule has 0 aliphatic carbocycles. The smallest absolute Gasteiger partial charge is 0.322 e. The summed E-state index contributed by atoms with van der Waals surface area (Å²) in [6.45, 7) is 5.06. The van der Waals surface area contributed by atoms with Crippen molar-refractivity contribution in [3.8, 4) is 5.75 Å². The number of carbonyl (C=O) groups is 1. The lowest BCUT2D eigenvalue weighted by Gasteiger charge is -2.35. The van der Waals surface area contributed by atoms with Crippen LogP contribution in [0.1, 0.15) is 13.8 Å². The Balaban J connectivity index is 2.04. The van der Waals surface area contributed by atoms with Crippen LogP contribution in [0.5, 0.6) is 5.75 Å². The van der Waals surface area contributed by atoms with Crippen molar-refractivity contribution in [2.45, 2.75) is 26.1 Å². The van der Waals surface area contributed by atoms with E-state index in [1.807, 2.05) is 13.8 Å². The molecule has 0 saturated carbocycles. The highest BCUT2D eigenvalue weighted by molar-refractivity contribution is 6.33. The van der Waals surface area contributed by atoms with Crippen molar-refractivity contribution in [2.75, 3.05) is 25.5 Å². The maximum Gasteiger partial charge on any atom is 0.322 e. The Morgan fingerprint density at radius 1 is 1.40 bits per heavy atom. The number of hydrogen-bond donors (Lipinski definition) is 1. The summed E-state index contributed by atoms with van der Waals surface area (Å²) in [7, 11) is 1.57. The first-order chi connectivity index (χ1) is 9.49. The molecule has 1 N–H and O–H groups in total. The van der Waals surface area contributed by atoms with E-state index >= 15 is 0 Å². The van der Waals surface area contributed by atoms with Gasteiger partial charge in [-0.15, -0.1) is 0 Å². The number of hydrogen-bond acceptors (Lipinski definition) is 3. The van der Waals surface area contributed by atoms with Gasteiger partial charge in [0.25, 0.3) is 0 Å². The molecule has 2 rings (SSSR count). The predicted molar refractivity (Wildman–Crippen MR) is 78.6 cm³/mol. The maximum atomic E-state index is 12.2. The Morgan fingerprint density at radius 3 is 2.60 bits per heavy atom. The summed E-state index contributed by atoms with van der Waals surface area (Å²) < 4.78 is 10.7. The zero-order valence-electron chi connectivity index (χ0n) is 11.9. The van der Waals surface area contributed by atoms with E-state index < -0.39 is 0 Å². The molecule has 0 radical (unpaired) electrons. The molecule has 1 saturated heterocycles.